The highest BCUT2D eigenvalue weighted by Gasteiger charge is 2.09. The molecule has 0 aliphatic heterocycles. The van der Waals surface area contributed by atoms with E-state index in [2.05, 4.69) is 20.4 Å². The molecule has 0 spiro atoms. The number of aromatic nitrogens is 1. The molecule has 1 N–H and O–H groups in total. The number of methoxy groups -OCH3 is 1. The summed E-state index contributed by atoms with van der Waals surface area (Å²) in [7, 11) is 1.58. The summed E-state index contributed by atoms with van der Waals surface area (Å²) in [6, 6.07) is 9.04. The molecular weight excluding hydrogens is 375 g/mol. The number of halogens is 2. The standard InChI is InChI=1S/C18H20Cl2N4O2/c1-26-17-11-16(24(9-6-19)10-7-20)5-4-14(17)13-22-23-18(25)15-3-2-8-21-12-15/h2-5,8,11-13H,6-7,9-10H2,1H3,(H,23,25)/b22-13-. The predicted octanol–water partition coefficient (Wildman–Crippen LogP) is 3.14. The summed E-state index contributed by atoms with van der Waals surface area (Å²) in [6.07, 6.45) is 4.61. The number of anilines is 1. The van der Waals surface area contributed by atoms with Gasteiger partial charge in [0.2, 0.25) is 0 Å². The van der Waals surface area contributed by atoms with Gasteiger partial charge >= 0.3 is 0 Å². The molecule has 0 saturated heterocycles. The molecule has 138 valence electrons. The summed E-state index contributed by atoms with van der Waals surface area (Å²) in [5.41, 5.74) is 4.59. The monoisotopic (exact) mass is 394 g/mol. The van der Waals surface area contributed by atoms with Crippen molar-refractivity contribution in [2.75, 3.05) is 36.9 Å². The molecule has 8 heteroatoms. The van der Waals surface area contributed by atoms with Gasteiger partial charge in [-0.25, -0.2) is 5.43 Å². The second-order valence-electron chi connectivity index (χ2n) is 5.23. The van der Waals surface area contributed by atoms with E-state index < -0.39 is 0 Å². The Hall–Kier alpha value is -2.31. The summed E-state index contributed by atoms with van der Waals surface area (Å²) < 4.78 is 5.43. The molecule has 26 heavy (non-hydrogen) atoms. The van der Waals surface area contributed by atoms with Crippen LogP contribution >= 0.6 is 23.2 Å². The highest BCUT2D eigenvalue weighted by Crippen LogP contribution is 2.24. The van der Waals surface area contributed by atoms with Gasteiger partial charge in [-0.1, -0.05) is 0 Å². The summed E-state index contributed by atoms with van der Waals surface area (Å²) in [5.74, 6) is 1.31. The van der Waals surface area contributed by atoms with Gasteiger partial charge in [-0.3, -0.25) is 9.78 Å². The van der Waals surface area contributed by atoms with Crippen LogP contribution in [0, 0.1) is 0 Å². The van der Waals surface area contributed by atoms with Gasteiger partial charge in [0.05, 0.1) is 18.9 Å². The largest absolute Gasteiger partial charge is 0.496 e. The number of carbonyl (C=O) groups is 1. The lowest BCUT2D eigenvalue weighted by molar-refractivity contribution is 0.0954. The molecule has 0 fully saturated rings. The van der Waals surface area contributed by atoms with Crippen molar-refractivity contribution >= 4 is 41.0 Å². The number of carbonyl (C=O) groups excluding carboxylic acids is 1. The fourth-order valence-electron chi connectivity index (χ4n) is 2.30. The highest BCUT2D eigenvalue weighted by molar-refractivity contribution is 6.18. The van der Waals surface area contributed by atoms with Crippen LogP contribution in [0.15, 0.2) is 47.8 Å². The number of ether oxygens (including phenoxy) is 1. The number of nitrogens with one attached hydrogen (secondary N) is 1. The fourth-order valence-corrected chi connectivity index (χ4v) is 2.71. The van der Waals surface area contributed by atoms with Crippen LogP contribution < -0.4 is 15.1 Å². The molecule has 2 aromatic rings. The van der Waals surface area contributed by atoms with E-state index in [0.29, 0.717) is 36.2 Å². The smallest absolute Gasteiger partial charge is 0.272 e. The van der Waals surface area contributed by atoms with Crippen molar-refractivity contribution in [2.45, 2.75) is 0 Å². The number of hydrogen-bond acceptors (Lipinski definition) is 5. The molecule has 0 unspecified atom stereocenters. The van der Waals surface area contributed by atoms with Gasteiger partial charge < -0.3 is 9.64 Å². The van der Waals surface area contributed by atoms with E-state index in [0.717, 1.165) is 11.3 Å². The van der Waals surface area contributed by atoms with Crippen LogP contribution in [-0.2, 0) is 0 Å². The molecule has 1 aromatic carbocycles. The lowest BCUT2D eigenvalue weighted by Gasteiger charge is -2.23. The number of benzene rings is 1. The van der Waals surface area contributed by atoms with Crippen LogP contribution in [0.25, 0.3) is 0 Å². The van der Waals surface area contributed by atoms with Gasteiger partial charge in [0.15, 0.2) is 0 Å². The quantitative estimate of drug-likeness (QED) is 0.403. The average molecular weight is 395 g/mol. The van der Waals surface area contributed by atoms with Crippen molar-refractivity contribution in [1.82, 2.24) is 10.4 Å². The van der Waals surface area contributed by atoms with E-state index in [9.17, 15) is 4.79 Å². The Kier molecular flexibility index (Phi) is 8.18. The van der Waals surface area contributed by atoms with Crippen LogP contribution in [0.5, 0.6) is 5.75 Å². The zero-order valence-corrected chi connectivity index (χ0v) is 15.9. The second-order valence-corrected chi connectivity index (χ2v) is 5.99. The summed E-state index contributed by atoms with van der Waals surface area (Å²) in [6.45, 7) is 1.37. The summed E-state index contributed by atoms with van der Waals surface area (Å²) in [5, 5.41) is 3.99. The minimum Gasteiger partial charge on any atom is -0.496 e. The maximum absolute atomic E-state index is 11.9. The molecular formula is C18H20Cl2N4O2. The van der Waals surface area contributed by atoms with Gasteiger partial charge in [0, 0.05) is 54.6 Å². The molecule has 0 saturated carbocycles. The first-order valence-corrected chi connectivity index (χ1v) is 9.05. The molecule has 1 aromatic heterocycles. The van der Waals surface area contributed by atoms with Crippen LogP contribution in [0.3, 0.4) is 0 Å². The van der Waals surface area contributed by atoms with Crippen LogP contribution in [0.2, 0.25) is 0 Å². The summed E-state index contributed by atoms with van der Waals surface area (Å²) >= 11 is 11.7. The third kappa shape index (κ3) is 5.61. The molecule has 1 amide bonds. The molecule has 1 heterocycles. The Labute approximate surface area is 162 Å². The summed E-state index contributed by atoms with van der Waals surface area (Å²) in [4.78, 5) is 17.9. The fraction of sp³-hybridized carbons (Fsp3) is 0.278. The zero-order valence-electron chi connectivity index (χ0n) is 14.4. The number of nitrogens with zero attached hydrogens (tertiary/aromatic N) is 3. The average Bonchev–Trinajstić information content (AvgIpc) is 2.68. The maximum atomic E-state index is 11.9. The maximum Gasteiger partial charge on any atom is 0.272 e. The SMILES string of the molecule is COc1cc(N(CCCl)CCCl)ccc1/C=N\NC(=O)c1cccnc1. The molecule has 0 aliphatic carbocycles. The van der Waals surface area contributed by atoms with E-state index in [1.165, 1.54) is 12.4 Å². The van der Waals surface area contributed by atoms with E-state index in [1.807, 2.05) is 18.2 Å². The molecule has 0 bridgehead atoms. The highest BCUT2D eigenvalue weighted by atomic mass is 35.5. The Balaban J connectivity index is 2.10. The van der Waals surface area contributed by atoms with Gasteiger partial charge in [0.1, 0.15) is 5.75 Å². The van der Waals surface area contributed by atoms with Crippen molar-refractivity contribution < 1.29 is 9.53 Å². The van der Waals surface area contributed by atoms with E-state index >= 15 is 0 Å². The number of hydrogen-bond donors (Lipinski definition) is 1. The third-order valence-corrected chi connectivity index (χ3v) is 3.92. The van der Waals surface area contributed by atoms with Gasteiger partial charge in [0.25, 0.3) is 5.91 Å². The van der Waals surface area contributed by atoms with Gasteiger partial charge in [-0.15, -0.1) is 23.2 Å². The first-order valence-electron chi connectivity index (χ1n) is 7.98. The normalized spacial score (nSPS) is 10.7. The Morgan fingerprint density at radius 2 is 2.08 bits per heavy atom. The first kappa shape index (κ1) is 20.0. The van der Waals surface area contributed by atoms with Crippen LogP contribution in [0.4, 0.5) is 5.69 Å². The molecule has 2 rings (SSSR count). The predicted molar refractivity (Wildman–Crippen MR) is 106 cm³/mol. The van der Waals surface area contributed by atoms with Gasteiger partial charge in [-0.2, -0.15) is 5.10 Å². The van der Waals surface area contributed by atoms with E-state index in [1.54, 1.807) is 25.4 Å². The second kappa shape index (κ2) is 10.6. The minimum absolute atomic E-state index is 0.333. The Morgan fingerprint density at radius 3 is 2.69 bits per heavy atom. The molecule has 0 atom stereocenters. The zero-order chi connectivity index (χ0) is 18.8. The third-order valence-electron chi connectivity index (χ3n) is 3.58. The van der Waals surface area contributed by atoms with Crippen molar-refractivity contribution in [3.8, 4) is 5.75 Å². The Morgan fingerprint density at radius 1 is 1.31 bits per heavy atom. The number of amides is 1. The minimum atomic E-state index is -0.333. The number of hydrazone groups is 1. The van der Waals surface area contributed by atoms with Gasteiger partial charge in [-0.05, 0) is 24.3 Å². The first-order chi connectivity index (χ1) is 12.7. The molecule has 6 nitrogen and oxygen atoms in total. The van der Waals surface area contributed by atoms with E-state index in [-0.39, 0.29) is 5.91 Å². The lowest BCUT2D eigenvalue weighted by Crippen LogP contribution is -2.27. The molecule has 0 aliphatic rings. The van der Waals surface area contributed by atoms with Crippen molar-refractivity contribution in [1.29, 1.82) is 0 Å². The van der Waals surface area contributed by atoms with Crippen LogP contribution in [-0.4, -0.2) is 49.1 Å². The Bertz CT molecular complexity index is 735. The van der Waals surface area contributed by atoms with Crippen LogP contribution in [0.1, 0.15) is 15.9 Å². The lowest BCUT2D eigenvalue weighted by atomic mass is 10.2. The molecule has 0 radical (unpaired) electrons. The van der Waals surface area contributed by atoms with Crippen molar-refractivity contribution in [3.05, 3.63) is 53.9 Å². The van der Waals surface area contributed by atoms with Crippen molar-refractivity contribution in [2.24, 2.45) is 5.10 Å². The van der Waals surface area contributed by atoms with E-state index in [4.69, 9.17) is 27.9 Å². The number of rotatable bonds is 9. The topological polar surface area (TPSA) is 66.8 Å². The number of pyridine rings is 1. The van der Waals surface area contributed by atoms with Crippen molar-refractivity contribution in [3.63, 3.8) is 0 Å². The number of alkyl halides is 2.